The van der Waals surface area contributed by atoms with E-state index in [1.807, 2.05) is 6.92 Å². The highest BCUT2D eigenvalue weighted by atomic mass is 16.6. The maximum atomic E-state index is 9.60. The number of carboxylic acids is 1. The second kappa shape index (κ2) is 23.9. The Morgan fingerprint density at radius 2 is 1.21 bits per heavy atom. The first-order chi connectivity index (χ1) is 13.5. The predicted molar refractivity (Wildman–Crippen MR) is 101 cm³/mol. The number of hydrogen-bond acceptors (Lipinski definition) is 9. The Labute approximate surface area is 166 Å². The molecule has 28 heavy (non-hydrogen) atoms. The van der Waals surface area contributed by atoms with Crippen molar-refractivity contribution in [3.8, 4) is 0 Å². The lowest BCUT2D eigenvalue weighted by Crippen LogP contribution is -2.20. The van der Waals surface area contributed by atoms with Gasteiger partial charge in [0.25, 0.3) is 0 Å². The monoisotopic (exact) mass is 412 g/mol. The number of ether oxygens (including phenoxy) is 6. The summed E-state index contributed by atoms with van der Waals surface area (Å²) >= 11 is 0. The first-order valence-electron chi connectivity index (χ1n) is 9.13. The van der Waals surface area contributed by atoms with Gasteiger partial charge in [-0.15, -0.1) is 0 Å². The molecule has 0 aromatic rings. The summed E-state index contributed by atoms with van der Waals surface area (Å²) < 4.78 is 30.9. The van der Waals surface area contributed by atoms with E-state index in [1.54, 1.807) is 0 Å². The van der Waals surface area contributed by atoms with Gasteiger partial charge in [0.15, 0.2) is 6.29 Å². The lowest BCUT2D eigenvalue weighted by molar-refractivity contribution is -0.138. The molecule has 0 heterocycles. The fourth-order valence-corrected chi connectivity index (χ4v) is 1.37. The van der Waals surface area contributed by atoms with E-state index < -0.39 is 12.3 Å². The largest absolute Gasteiger partial charge is 0.478 e. The van der Waals surface area contributed by atoms with Crippen LogP contribution in [0.15, 0.2) is 12.2 Å². The topological polar surface area (TPSA) is 133 Å². The summed E-state index contributed by atoms with van der Waals surface area (Å²) in [5.41, 5.74) is 0.176. The third kappa shape index (κ3) is 27.1. The Bertz CT molecular complexity index is 339. The van der Waals surface area contributed by atoms with Gasteiger partial charge in [-0.05, 0) is 13.8 Å². The van der Waals surface area contributed by atoms with Crippen molar-refractivity contribution in [1.82, 2.24) is 0 Å². The zero-order chi connectivity index (χ0) is 21.5. The van der Waals surface area contributed by atoms with E-state index in [4.69, 9.17) is 38.6 Å². The molecule has 0 aliphatic rings. The summed E-state index contributed by atoms with van der Waals surface area (Å²) in [5.74, 6) is -0.935. The summed E-state index contributed by atoms with van der Waals surface area (Å²) in [5, 5.41) is 25.6. The molecular weight excluding hydrogens is 376 g/mol. The Balaban J connectivity index is 0. The van der Waals surface area contributed by atoms with Crippen LogP contribution in [0.4, 0.5) is 0 Å². The van der Waals surface area contributed by atoms with Crippen LogP contribution in [0.1, 0.15) is 13.8 Å². The average molecular weight is 412 g/mol. The molecule has 0 aliphatic heterocycles. The zero-order valence-corrected chi connectivity index (χ0v) is 17.0. The predicted octanol–water partition coefficient (Wildman–Crippen LogP) is 0.0637. The molecule has 0 saturated heterocycles. The molecule has 0 rings (SSSR count). The van der Waals surface area contributed by atoms with Gasteiger partial charge in [-0.1, -0.05) is 6.58 Å². The van der Waals surface area contributed by atoms with Gasteiger partial charge in [-0.3, -0.25) is 0 Å². The highest BCUT2D eigenvalue weighted by Crippen LogP contribution is 1.89. The quantitative estimate of drug-likeness (QED) is 0.152. The van der Waals surface area contributed by atoms with E-state index >= 15 is 0 Å². The minimum atomic E-state index is -0.935. The van der Waals surface area contributed by atoms with Crippen molar-refractivity contribution in [2.45, 2.75) is 20.1 Å². The number of aliphatic hydroxyl groups excluding tert-OH is 2. The van der Waals surface area contributed by atoms with Crippen molar-refractivity contribution >= 4 is 5.97 Å². The molecule has 1 atom stereocenters. The molecule has 0 saturated carbocycles. The third-order valence-electron chi connectivity index (χ3n) is 2.71. The van der Waals surface area contributed by atoms with Crippen molar-refractivity contribution in [1.29, 1.82) is 0 Å². The first-order valence-corrected chi connectivity index (χ1v) is 9.13. The standard InChI is InChI=1S/C14H30O8.C4H6O2/c1-2-22-14(16)13-21-12-11-20-10-9-19-8-7-18-6-5-17-4-3-15;1-3(2)4(5)6/h14-16H,2-13H2,1H3;1H2,2H3,(H,5,6). The Morgan fingerprint density at radius 1 is 0.857 bits per heavy atom. The van der Waals surface area contributed by atoms with Gasteiger partial charge in [-0.25, -0.2) is 4.79 Å². The van der Waals surface area contributed by atoms with Crippen molar-refractivity contribution in [2.75, 3.05) is 79.3 Å². The Morgan fingerprint density at radius 3 is 1.54 bits per heavy atom. The summed E-state index contributed by atoms with van der Waals surface area (Å²) in [6, 6.07) is 0. The van der Waals surface area contributed by atoms with Crippen molar-refractivity contribution in [2.24, 2.45) is 0 Å². The first kappa shape index (κ1) is 29.1. The van der Waals surface area contributed by atoms with Gasteiger partial charge in [0.1, 0.15) is 0 Å². The van der Waals surface area contributed by atoms with Crippen molar-refractivity contribution < 1.29 is 48.5 Å². The molecule has 1 unspecified atom stereocenters. The van der Waals surface area contributed by atoms with Crippen LogP contribution in [-0.2, 0) is 33.2 Å². The molecule has 0 aromatic heterocycles. The SMILES string of the molecule is C=C(C)C(=O)O.CCOC(O)COCCOCCOCCOCCOCCO. The van der Waals surface area contributed by atoms with Crippen LogP contribution in [0.5, 0.6) is 0 Å². The molecular formula is C18H36O10. The fourth-order valence-electron chi connectivity index (χ4n) is 1.37. The number of aliphatic carboxylic acids is 1. The van der Waals surface area contributed by atoms with Gasteiger partial charge in [-0.2, -0.15) is 0 Å². The molecule has 0 aromatic carbocycles. The molecule has 0 spiro atoms. The van der Waals surface area contributed by atoms with Gasteiger partial charge < -0.3 is 43.7 Å². The third-order valence-corrected chi connectivity index (χ3v) is 2.71. The Hall–Kier alpha value is -1.11. The maximum Gasteiger partial charge on any atom is 0.330 e. The molecule has 0 bridgehead atoms. The molecule has 168 valence electrons. The lowest BCUT2D eigenvalue weighted by Gasteiger charge is -2.11. The Kier molecular flexibility index (Phi) is 24.9. The summed E-state index contributed by atoms with van der Waals surface area (Å²) in [6.07, 6.45) is -0.873. The lowest BCUT2D eigenvalue weighted by atomic mass is 10.4. The van der Waals surface area contributed by atoms with Gasteiger partial charge >= 0.3 is 5.97 Å². The van der Waals surface area contributed by atoms with Crippen LogP contribution >= 0.6 is 0 Å². The average Bonchev–Trinajstić information content (AvgIpc) is 2.65. The van der Waals surface area contributed by atoms with E-state index in [2.05, 4.69) is 6.58 Å². The highest BCUT2D eigenvalue weighted by molar-refractivity contribution is 5.84. The number of aliphatic hydroxyl groups is 2. The fraction of sp³-hybridized carbons (Fsp3) is 0.833. The second-order valence-electron chi connectivity index (χ2n) is 5.24. The van der Waals surface area contributed by atoms with Crippen LogP contribution in [0.2, 0.25) is 0 Å². The van der Waals surface area contributed by atoms with Crippen molar-refractivity contribution in [3.63, 3.8) is 0 Å². The van der Waals surface area contributed by atoms with Gasteiger partial charge in [0.2, 0.25) is 0 Å². The molecule has 0 aliphatic carbocycles. The van der Waals surface area contributed by atoms with E-state index in [9.17, 15) is 9.90 Å². The van der Waals surface area contributed by atoms with E-state index in [0.717, 1.165) is 0 Å². The van der Waals surface area contributed by atoms with E-state index in [1.165, 1.54) is 6.92 Å². The molecule has 3 N–H and O–H groups in total. The smallest absolute Gasteiger partial charge is 0.330 e. The van der Waals surface area contributed by atoms with Crippen molar-refractivity contribution in [3.05, 3.63) is 12.2 Å². The molecule has 0 fully saturated rings. The number of carbonyl (C=O) groups is 1. The van der Waals surface area contributed by atoms with E-state index in [0.29, 0.717) is 66.1 Å². The minimum absolute atomic E-state index is 0.0290. The molecule has 0 radical (unpaired) electrons. The summed E-state index contributed by atoms with van der Waals surface area (Å²) in [4.78, 5) is 9.60. The second-order valence-corrected chi connectivity index (χ2v) is 5.24. The molecule has 10 heteroatoms. The van der Waals surface area contributed by atoms with Crippen LogP contribution in [0.3, 0.4) is 0 Å². The molecule has 10 nitrogen and oxygen atoms in total. The van der Waals surface area contributed by atoms with Crippen LogP contribution < -0.4 is 0 Å². The van der Waals surface area contributed by atoms with E-state index in [-0.39, 0.29) is 18.8 Å². The van der Waals surface area contributed by atoms with Crippen LogP contribution in [0.25, 0.3) is 0 Å². The normalized spacial score (nSPS) is 11.6. The van der Waals surface area contributed by atoms with Gasteiger partial charge in [0, 0.05) is 12.2 Å². The maximum absolute atomic E-state index is 9.60. The van der Waals surface area contributed by atoms with Crippen LogP contribution in [0, 0.1) is 0 Å². The zero-order valence-electron chi connectivity index (χ0n) is 17.0. The minimum Gasteiger partial charge on any atom is -0.478 e. The van der Waals surface area contributed by atoms with Gasteiger partial charge in [0.05, 0.1) is 72.7 Å². The summed E-state index contributed by atoms with van der Waals surface area (Å²) in [7, 11) is 0. The number of hydrogen-bond donors (Lipinski definition) is 3. The number of carboxylic acid groups (broad SMARTS) is 1. The van der Waals surface area contributed by atoms with Crippen LogP contribution in [-0.4, -0.2) is 107 Å². The molecule has 0 amide bonds. The summed E-state index contributed by atoms with van der Waals surface area (Å²) in [6.45, 7) is 11.2. The highest BCUT2D eigenvalue weighted by Gasteiger charge is 2.01. The number of rotatable bonds is 19.